The summed E-state index contributed by atoms with van der Waals surface area (Å²) >= 11 is 0. The van der Waals surface area contributed by atoms with Crippen LogP contribution in [0.2, 0.25) is 0 Å². The summed E-state index contributed by atoms with van der Waals surface area (Å²) in [6.45, 7) is 7.24. The van der Waals surface area contributed by atoms with E-state index in [0.29, 0.717) is 23.8 Å². The first-order valence-corrected chi connectivity index (χ1v) is 7.40. The molecule has 1 saturated heterocycles. The molecule has 1 aliphatic heterocycles. The summed E-state index contributed by atoms with van der Waals surface area (Å²) in [5.41, 5.74) is 2.52. The lowest BCUT2D eigenvalue weighted by Crippen LogP contribution is -2.31. The maximum atomic E-state index is 5.44. The molecule has 4 N–H and O–H groups in total. The molecule has 7 heteroatoms. The topological polar surface area (TPSA) is 92.0 Å². The third kappa shape index (κ3) is 4.19. The Kier molecular flexibility index (Phi) is 5.34. The summed E-state index contributed by atoms with van der Waals surface area (Å²) in [7, 11) is 0. The first-order chi connectivity index (χ1) is 9.69. The Bertz CT molecular complexity index is 415. The molecule has 0 bridgehead atoms. The average Bonchev–Trinajstić information content (AvgIpc) is 2.47. The zero-order valence-electron chi connectivity index (χ0n) is 12.4. The van der Waals surface area contributed by atoms with Gasteiger partial charge in [-0.05, 0) is 31.6 Å². The van der Waals surface area contributed by atoms with Crippen LogP contribution in [0, 0.1) is 5.92 Å². The van der Waals surface area contributed by atoms with Crippen LogP contribution in [0.1, 0.15) is 39.5 Å². The normalized spacial score (nSPS) is 15.5. The maximum absolute atomic E-state index is 5.44. The highest BCUT2D eigenvalue weighted by atomic mass is 15.4. The monoisotopic (exact) mass is 279 g/mol. The summed E-state index contributed by atoms with van der Waals surface area (Å²) < 4.78 is 0. The molecule has 0 atom stereocenters. The average molecular weight is 279 g/mol. The zero-order valence-corrected chi connectivity index (χ0v) is 12.4. The van der Waals surface area contributed by atoms with Crippen LogP contribution in [0.3, 0.4) is 0 Å². The fraction of sp³-hybridized carbons (Fsp3) is 0.769. The largest absolute Gasteiger partial charge is 0.354 e. The highest BCUT2D eigenvalue weighted by molar-refractivity contribution is 5.43. The van der Waals surface area contributed by atoms with Crippen LogP contribution < -0.4 is 21.5 Å². The molecule has 20 heavy (non-hydrogen) atoms. The third-order valence-electron chi connectivity index (χ3n) is 3.40. The van der Waals surface area contributed by atoms with Crippen molar-refractivity contribution in [2.24, 2.45) is 11.8 Å². The molecule has 0 saturated carbocycles. The van der Waals surface area contributed by atoms with E-state index in [4.69, 9.17) is 5.84 Å². The van der Waals surface area contributed by atoms with E-state index >= 15 is 0 Å². The number of aromatic nitrogens is 3. The van der Waals surface area contributed by atoms with E-state index in [0.717, 1.165) is 26.1 Å². The summed E-state index contributed by atoms with van der Waals surface area (Å²) in [4.78, 5) is 15.3. The van der Waals surface area contributed by atoms with E-state index in [2.05, 4.69) is 44.4 Å². The van der Waals surface area contributed by atoms with Crippen LogP contribution in [0.25, 0.3) is 0 Å². The van der Waals surface area contributed by atoms with Crippen LogP contribution in [0.5, 0.6) is 0 Å². The second kappa shape index (κ2) is 7.23. The van der Waals surface area contributed by atoms with Gasteiger partial charge in [0.1, 0.15) is 0 Å². The molecular weight excluding hydrogens is 254 g/mol. The van der Waals surface area contributed by atoms with Gasteiger partial charge >= 0.3 is 0 Å². The second-order valence-corrected chi connectivity index (χ2v) is 5.58. The lowest BCUT2D eigenvalue weighted by Gasteiger charge is -2.26. The van der Waals surface area contributed by atoms with E-state index in [-0.39, 0.29) is 0 Å². The molecule has 2 heterocycles. The molecule has 112 valence electrons. The number of nitrogens with zero attached hydrogens (tertiary/aromatic N) is 4. The van der Waals surface area contributed by atoms with Crippen LogP contribution in [-0.2, 0) is 0 Å². The van der Waals surface area contributed by atoms with Crippen LogP contribution >= 0.6 is 0 Å². The van der Waals surface area contributed by atoms with Crippen molar-refractivity contribution >= 4 is 17.8 Å². The van der Waals surface area contributed by atoms with Crippen molar-refractivity contribution in [1.82, 2.24) is 15.0 Å². The predicted molar refractivity (Wildman–Crippen MR) is 81.6 cm³/mol. The van der Waals surface area contributed by atoms with E-state index in [1.54, 1.807) is 0 Å². The quantitative estimate of drug-likeness (QED) is 0.538. The Balaban J connectivity index is 2.06. The molecule has 0 spiro atoms. The number of piperidine rings is 1. The predicted octanol–water partition coefficient (Wildman–Crippen LogP) is 1.61. The minimum Gasteiger partial charge on any atom is -0.354 e. The smallest absolute Gasteiger partial charge is 0.243 e. The number of hydrogen-bond donors (Lipinski definition) is 3. The van der Waals surface area contributed by atoms with E-state index in [1.807, 2.05) is 0 Å². The number of nitrogens with two attached hydrogens (primary N) is 1. The van der Waals surface area contributed by atoms with Gasteiger partial charge in [0.2, 0.25) is 17.8 Å². The molecule has 1 aromatic heterocycles. The van der Waals surface area contributed by atoms with E-state index < -0.39 is 0 Å². The highest BCUT2D eigenvalue weighted by Crippen LogP contribution is 2.18. The fourth-order valence-corrected chi connectivity index (χ4v) is 2.22. The van der Waals surface area contributed by atoms with Crippen LogP contribution in [0.15, 0.2) is 0 Å². The molecular formula is C13H25N7. The highest BCUT2D eigenvalue weighted by Gasteiger charge is 2.15. The first-order valence-electron chi connectivity index (χ1n) is 7.40. The third-order valence-corrected chi connectivity index (χ3v) is 3.40. The van der Waals surface area contributed by atoms with E-state index in [1.165, 1.54) is 19.3 Å². The molecule has 0 aromatic carbocycles. The van der Waals surface area contributed by atoms with Gasteiger partial charge in [0.05, 0.1) is 0 Å². The van der Waals surface area contributed by atoms with Crippen molar-refractivity contribution in [1.29, 1.82) is 0 Å². The lowest BCUT2D eigenvalue weighted by molar-refractivity contribution is 0.567. The van der Waals surface area contributed by atoms with Gasteiger partial charge in [-0.3, -0.25) is 5.43 Å². The Labute approximate surface area is 120 Å². The number of nitrogens with one attached hydrogen (secondary N) is 2. The minimum absolute atomic E-state index is 0.410. The van der Waals surface area contributed by atoms with Gasteiger partial charge in [0.15, 0.2) is 0 Å². The molecule has 2 rings (SSSR count). The Morgan fingerprint density at radius 2 is 1.80 bits per heavy atom. The van der Waals surface area contributed by atoms with Gasteiger partial charge < -0.3 is 10.2 Å². The standard InChI is InChI=1S/C13H25N7/c1-10(2)6-7-15-11-16-12(19-14)18-13(17-11)20-8-4-3-5-9-20/h10H,3-9,14H2,1-2H3,(H2,15,16,17,18,19). The van der Waals surface area contributed by atoms with Crippen molar-refractivity contribution in [2.45, 2.75) is 39.5 Å². The van der Waals surface area contributed by atoms with Crippen LogP contribution in [0.4, 0.5) is 17.8 Å². The number of nitrogen functional groups attached to an aromatic ring is 1. The Morgan fingerprint density at radius 3 is 2.45 bits per heavy atom. The van der Waals surface area contributed by atoms with Crippen molar-refractivity contribution in [3.8, 4) is 0 Å². The van der Waals surface area contributed by atoms with Gasteiger partial charge in [-0.1, -0.05) is 13.8 Å². The lowest BCUT2D eigenvalue weighted by atomic mass is 10.1. The molecule has 7 nitrogen and oxygen atoms in total. The molecule has 1 fully saturated rings. The Morgan fingerprint density at radius 1 is 1.10 bits per heavy atom. The fourth-order valence-electron chi connectivity index (χ4n) is 2.22. The van der Waals surface area contributed by atoms with Crippen molar-refractivity contribution in [2.75, 3.05) is 35.3 Å². The van der Waals surface area contributed by atoms with Gasteiger partial charge in [-0.25, -0.2) is 5.84 Å². The van der Waals surface area contributed by atoms with E-state index in [9.17, 15) is 0 Å². The molecule has 0 unspecified atom stereocenters. The number of hydrogen-bond acceptors (Lipinski definition) is 7. The maximum Gasteiger partial charge on any atom is 0.243 e. The number of hydrazine groups is 1. The molecule has 0 radical (unpaired) electrons. The SMILES string of the molecule is CC(C)CCNc1nc(NN)nc(N2CCCCC2)n1. The molecule has 0 aliphatic carbocycles. The van der Waals surface area contributed by atoms with Gasteiger partial charge in [0, 0.05) is 19.6 Å². The summed E-state index contributed by atoms with van der Waals surface area (Å²) in [6, 6.07) is 0. The molecule has 1 aromatic rings. The minimum atomic E-state index is 0.410. The van der Waals surface area contributed by atoms with Gasteiger partial charge in [0.25, 0.3) is 0 Å². The second-order valence-electron chi connectivity index (χ2n) is 5.58. The zero-order chi connectivity index (χ0) is 14.4. The van der Waals surface area contributed by atoms with Crippen LogP contribution in [-0.4, -0.2) is 34.6 Å². The molecule has 0 amide bonds. The Hall–Kier alpha value is -1.63. The van der Waals surface area contributed by atoms with Gasteiger partial charge in [-0.15, -0.1) is 0 Å². The van der Waals surface area contributed by atoms with Gasteiger partial charge in [-0.2, -0.15) is 15.0 Å². The summed E-state index contributed by atoms with van der Waals surface area (Å²) in [6.07, 6.45) is 4.74. The van der Waals surface area contributed by atoms with Crippen molar-refractivity contribution in [3.63, 3.8) is 0 Å². The van der Waals surface area contributed by atoms with Crippen molar-refractivity contribution < 1.29 is 0 Å². The number of anilines is 3. The first kappa shape index (κ1) is 14.8. The summed E-state index contributed by atoms with van der Waals surface area (Å²) in [5, 5.41) is 3.25. The van der Waals surface area contributed by atoms with Crippen molar-refractivity contribution in [3.05, 3.63) is 0 Å². The number of rotatable bonds is 6. The molecule has 1 aliphatic rings. The summed E-state index contributed by atoms with van der Waals surface area (Å²) in [5.74, 6) is 7.81.